The molecule has 124 valence electrons. The predicted octanol–water partition coefficient (Wildman–Crippen LogP) is 2.20. The topological polar surface area (TPSA) is 75.4 Å². The Balaban J connectivity index is 1.84. The van der Waals surface area contributed by atoms with Gasteiger partial charge in [0, 0.05) is 12.2 Å². The van der Waals surface area contributed by atoms with E-state index in [1.807, 2.05) is 31.2 Å². The number of benzene rings is 1. The third-order valence-corrected chi connectivity index (χ3v) is 5.14. The van der Waals surface area contributed by atoms with Gasteiger partial charge in [-0.1, -0.05) is 30.5 Å². The first-order chi connectivity index (χ1) is 11.0. The number of hydrogen-bond donors (Lipinski definition) is 2. The van der Waals surface area contributed by atoms with Crippen molar-refractivity contribution in [1.82, 2.24) is 4.90 Å². The number of hydrogen-bond acceptors (Lipinski definition) is 3. The summed E-state index contributed by atoms with van der Waals surface area (Å²) in [5, 5.41) is 3.47. The summed E-state index contributed by atoms with van der Waals surface area (Å²) in [6.07, 6.45) is 5.20. The Morgan fingerprint density at radius 3 is 2.43 bits per heavy atom. The largest absolute Gasteiger partial charge is 0.371 e. The van der Waals surface area contributed by atoms with E-state index in [1.165, 1.54) is 5.56 Å². The minimum absolute atomic E-state index is 0.0388. The minimum Gasteiger partial charge on any atom is -0.371 e. The second-order valence-electron chi connectivity index (χ2n) is 6.84. The molecule has 23 heavy (non-hydrogen) atoms. The quantitative estimate of drug-likeness (QED) is 0.894. The number of rotatable bonds is 4. The Kier molecular flexibility index (Phi) is 4.28. The van der Waals surface area contributed by atoms with E-state index in [4.69, 9.17) is 5.73 Å². The van der Waals surface area contributed by atoms with Gasteiger partial charge in [-0.05, 0) is 44.7 Å². The molecular weight excluding hydrogens is 290 g/mol. The number of primary amides is 1. The van der Waals surface area contributed by atoms with Crippen molar-refractivity contribution in [1.29, 1.82) is 0 Å². The van der Waals surface area contributed by atoms with Gasteiger partial charge in [-0.2, -0.15) is 0 Å². The molecule has 0 radical (unpaired) electrons. The molecule has 0 aromatic heterocycles. The van der Waals surface area contributed by atoms with Crippen LogP contribution in [0.2, 0.25) is 0 Å². The lowest BCUT2D eigenvalue weighted by atomic mass is 9.94. The summed E-state index contributed by atoms with van der Waals surface area (Å²) in [7, 11) is 0. The van der Waals surface area contributed by atoms with Crippen LogP contribution >= 0.6 is 0 Å². The second-order valence-corrected chi connectivity index (χ2v) is 6.84. The third kappa shape index (κ3) is 3.05. The van der Waals surface area contributed by atoms with Crippen LogP contribution in [0.25, 0.3) is 0 Å². The summed E-state index contributed by atoms with van der Waals surface area (Å²) in [4.78, 5) is 26.6. The van der Waals surface area contributed by atoms with Gasteiger partial charge in [-0.3, -0.25) is 9.59 Å². The molecule has 1 saturated carbocycles. The van der Waals surface area contributed by atoms with Gasteiger partial charge in [0.05, 0.1) is 0 Å². The normalized spacial score (nSPS) is 23.0. The first-order valence-electron chi connectivity index (χ1n) is 8.47. The molecule has 1 aromatic rings. The molecule has 0 spiro atoms. The molecule has 0 unspecified atom stereocenters. The van der Waals surface area contributed by atoms with Gasteiger partial charge < -0.3 is 16.0 Å². The number of likely N-dealkylation sites (tertiary alicyclic amines) is 1. The maximum atomic E-state index is 13.2. The highest BCUT2D eigenvalue weighted by atomic mass is 16.2. The van der Waals surface area contributed by atoms with Crippen molar-refractivity contribution >= 4 is 17.5 Å². The average molecular weight is 315 g/mol. The number of anilines is 1. The van der Waals surface area contributed by atoms with Crippen molar-refractivity contribution < 1.29 is 9.59 Å². The highest BCUT2D eigenvalue weighted by Gasteiger charge is 2.47. The van der Waals surface area contributed by atoms with Gasteiger partial charge in [0.15, 0.2) is 0 Å². The zero-order valence-electron chi connectivity index (χ0n) is 13.7. The summed E-state index contributed by atoms with van der Waals surface area (Å²) < 4.78 is 0. The highest BCUT2D eigenvalue weighted by Crippen LogP contribution is 2.36. The monoisotopic (exact) mass is 315 g/mol. The maximum Gasteiger partial charge on any atom is 0.248 e. The zero-order valence-corrected chi connectivity index (χ0v) is 13.7. The van der Waals surface area contributed by atoms with Crippen LogP contribution in [0.5, 0.6) is 0 Å². The van der Waals surface area contributed by atoms with Gasteiger partial charge >= 0.3 is 0 Å². The van der Waals surface area contributed by atoms with Crippen molar-refractivity contribution in [2.75, 3.05) is 11.9 Å². The first kappa shape index (κ1) is 15.8. The molecule has 5 nitrogen and oxygen atoms in total. The van der Waals surface area contributed by atoms with E-state index in [2.05, 4.69) is 5.32 Å². The lowest BCUT2D eigenvalue weighted by Gasteiger charge is -2.36. The van der Waals surface area contributed by atoms with Crippen LogP contribution in [-0.2, 0) is 9.59 Å². The molecule has 3 N–H and O–H groups in total. The molecule has 5 heteroatoms. The van der Waals surface area contributed by atoms with Crippen molar-refractivity contribution in [2.45, 2.75) is 57.0 Å². The molecule has 1 saturated heterocycles. The zero-order chi connectivity index (χ0) is 16.4. The predicted molar refractivity (Wildman–Crippen MR) is 89.9 cm³/mol. The van der Waals surface area contributed by atoms with E-state index in [0.29, 0.717) is 13.0 Å². The Labute approximate surface area is 137 Å². The molecule has 1 aliphatic carbocycles. The molecule has 2 amide bonds. The van der Waals surface area contributed by atoms with Crippen molar-refractivity contribution in [3.8, 4) is 0 Å². The summed E-state index contributed by atoms with van der Waals surface area (Å²) in [6.45, 7) is 2.67. The van der Waals surface area contributed by atoms with Crippen LogP contribution < -0.4 is 11.1 Å². The molecule has 1 aromatic carbocycles. The number of nitrogens with zero attached hydrogens (tertiary/aromatic N) is 1. The van der Waals surface area contributed by atoms with Gasteiger partial charge in [0.25, 0.3) is 0 Å². The summed E-state index contributed by atoms with van der Waals surface area (Å²) in [5.41, 5.74) is 7.04. The van der Waals surface area contributed by atoms with Crippen LogP contribution in [0.15, 0.2) is 24.3 Å². The van der Waals surface area contributed by atoms with Crippen molar-refractivity contribution in [2.24, 2.45) is 5.73 Å². The third-order valence-electron chi connectivity index (χ3n) is 5.14. The van der Waals surface area contributed by atoms with Crippen LogP contribution in [-0.4, -0.2) is 34.8 Å². The van der Waals surface area contributed by atoms with E-state index in [0.717, 1.165) is 37.8 Å². The van der Waals surface area contributed by atoms with Crippen LogP contribution in [0.4, 0.5) is 5.69 Å². The van der Waals surface area contributed by atoms with E-state index in [1.54, 1.807) is 4.90 Å². The standard InChI is InChI=1S/C18H25N3O2/c1-13-6-8-14(9-7-13)20-18(10-2-3-11-18)17(23)21-12-4-5-15(21)16(19)22/h6-9,15,20H,2-5,10-12H2,1H3,(H2,19,22)/t15-/m1/s1. The first-order valence-corrected chi connectivity index (χ1v) is 8.47. The molecule has 2 fully saturated rings. The Hall–Kier alpha value is -2.04. The van der Waals surface area contributed by atoms with Crippen LogP contribution in [0.1, 0.15) is 44.1 Å². The molecule has 2 aliphatic rings. The Morgan fingerprint density at radius 2 is 1.83 bits per heavy atom. The number of nitrogens with one attached hydrogen (secondary N) is 1. The molecule has 1 atom stereocenters. The number of nitrogens with two attached hydrogens (primary N) is 1. The highest BCUT2D eigenvalue weighted by molar-refractivity contribution is 5.94. The van der Waals surface area contributed by atoms with Crippen molar-refractivity contribution in [3.63, 3.8) is 0 Å². The van der Waals surface area contributed by atoms with Gasteiger partial charge in [0.1, 0.15) is 11.6 Å². The summed E-state index contributed by atoms with van der Waals surface area (Å²) in [5.74, 6) is -0.351. The number of carbonyl (C=O) groups is 2. The lowest BCUT2D eigenvalue weighted by molar-refractivity contribution is -0.141. The molecular formula is C18H25N3O2. The summed E-state index contributed by atoms with van der Waals surface area (Å²) in [6, 6.07) is 7.66. The Morgan fingerprint density at radius 1 is 1.17 bits per heavy atom. The van der Waals surface area contributed by atoms with Crippen LogP contribution in [0.3, 0.4) is 0 Å². The maximum absolute atomic E-state index is 13.2. The smallest absolute Gasteiger partial charge is 0.248 e. The van der Waals surface area contributed by atoms with Crippen molar-refractivity contribution in [3.05, 3.63) is 29.8 Å². The minimum atomic E-state index is -0.590. The number of aryl methyl sites for hydroxylation is 1. The molecule has 1 heterocycles. The SMILES string of the molecule is Cc1ccc(NC2(C(=O)N3CCC[C@@H]3C(N)=O)CCCC2)cc1. The number of carbonyl (C=O) groups excluding carboxylic acids is 2. The second kappa shape index (κ2) is 6.22. The van der Waals surface area contributed by atoms with Crippen LogP contribution in [0, 0.1) is 6.92 Å². The summed E-state index contributed by atoms with van der Waals surface area (Å²) >= 11 is 0. The van der Waals surface area contributed by atoms with Gasteiger partial charge in [0.2, 0.25) is 11.8 Å². The Bertz CT molecular complexity index is 591. The van der Waals surface area contributed by atoms with Gasteiger partial charge in [-0.15, -0.1) is 0 Å². The molecule has 1 aliphatic heterocycles. The van der Waals surface area contributed by atoms with E-state index in [-0.39, 0.29) is 11.8 Å². The fraction of sp³-hybridized carbons (Fsp3) is 0.556. The fourth-order valence-electron chi connectivity index (χ4n) is 3.86. The van der Waals surface area contributed by atoms with E-state index in [9.17, 15) is 9.59 Å². The molecule has 3 rings (SSSR count). The molecule has 0 bridgehead atoms. The van der Waals surface area contributed by atoms with E-state index >= 15 is 0 Å². The average Bonchev–Trinajstić information content (AvgIpc) is 3.18. The fourth-order valence-corrected chi connectivity index (χ4v) is 3.86. The lowest BCUT2D eigenvalue weighted by Crippen LogP contribution is -2.56. The van der Waals surface area contributed by atoms with Gasteiger partial charge in [-0.25, -0.2) is 0 Å². The van der Waals surface area contributed by atoms with E-state index < -0.39 is 11.6 Å². The number of amides is 2.